The third kappa shape index (κ3) is 3.52. The Kier molecular flexibility index (Phi) is 4.60. The van der Waals surface area contributed by atoms with E-state index in [9.17, 15) is 4.79 Å². The average molecular weight is 309 g/mol. The normalized spacial score (nSPS) is 16.8. The number of aromatic nitrogens is 1. The predicted octanol–water partition coefficient (Wildman–Crippen LogP) is 3.50. The van der Waals surface area contributed by atoms with E-state index in [0.29, 0.717) is 12.3 Å². The van der Waals surface area contributed by atoms with Crippen LogP contribution in [-0.4, -0.2) is 23.5 Å². The second-order valence-electron chi connectivity index (χ2n) is 6.38. The summed E-state index contributed by atoms with van der Waals surface area (Å²) < 4.78 is 0. The molecule has 1 aliphatic heterocycles. The highest BCUT2D eigenvalue weighted by atomic mass is 16.2. The average Bonchev–Trinajstić information content (AvgIpc) is 2.59. The molecule has 1 atom stereocenters. The number of carbonyl (C=O) groups excluding carboxylic acids is 1. The topological polar surface area (TPSA) is 45.2 Å². The van der Waals surface area contributed by atoms with Crippen molar-refractivity contribution < 1.29 is 4.79 Å². The number of carbonyl (C=O) groups is 1. The number of hydrogen-bond donors (Lipinski definition) is 1. The summed E-state index contributed by atoms with van der Waals surface area (Å²) in [7, 11) is 0. The summed E-state index contributed by atoms with van der Waals surface area (Å²) >= 11 is 0. The van der Waals surface area contributed by atoms with Crippen LogP contribution in [0.5, 0.6) is 0 Å². The van der Waals surface area contributed by atoms with Crippen LogP contribution in [0.2, 0.25) is 0 Å². The molecule has 23 heavy (non-hydrogen) atoms. The Labute approximate surface area is 137 Å². The van der Waals surface area contributed by atoms with E-state index in [1.165, 1.54) is 0 Å². The molecule has 120 valence electrons. The van der Waals surface area contributed by atoms with Crippen molar-refractivity contribution in [2.45, 2.75) is 32.7 Å². The van der Waals surface area contributed by atoms with E-state index in [-0.39, 0.29) is 11.9 Å². The summed E-state index contributed by atoms with van der Waals surface area (Å²) in [4.78, 5) is 18.8. The van der Waals surface area contributed by atoms with Crippen molar-refractivity contribution >= 4 is 17.3 Å². The number of hydrogen-bond acceptors (Lipinski definition) is 3. The van der Waals surface area contributed by atoms with Gasteiger partial charge in [0.05, 0.1) is 11.4 Å². The van der Waals surface area contributed by atoms with Crippen LogP contribution in [-0.2, 0) is 11.2 Å². The lowest BCUT2D eigenvalue weighted by atomic mass is 9.99. The Morgan fingerprint density at radius 3 is 2.87 bits per heavy atom. The van der Waals surface area contributed by atoms with Crippen molar-refractivity contribution in [2.24, 2.45) is 5.92 Å². The first-order chi connectivity index (χ1) is 11.1. The standard InChI is InChI=1S/C19H23N3O/c1-14(2)17-13-22(18-8-4-3-7-16(18)21-17)19(23)10-9-15-6-5-11-20-12-15/h3-8,11-12,14,17,21H,9-10,13H2,1-2H3/t17-/m1/s1. The van der Waals surface area contributed by atoms with Crippen molar-refractivity contribution in [1.82, 2.24) is 4.98 Å². The van der Waals surface area contributed by atoms with Gasteiger partial charge < -0.3 is 10.2 Å². The fourth-order valence-electron chi connectivity index (χ4n) is 2.92. The smallest absolute Gasteiger partial charge is 0.227 e. The maximum atomic E-state index is 12.8. The predicted molar refractivity (Wildman–Crippen MR) is 93.6 cm³/mol. The van der Waals surface area contributed by atoms with Crippen LogP contribution in [0.25, 0.3) is 0 Å². The highest BCUT2D eigenvalue weighted by molar-refractivity contribution is 5.97. The zero-order valence-electron chi connectivity index (χ0n) is 13.7. The molecule has 3 rings (SSSR count). The molecule has 1 aromatic heterocycles. The van der Waals surface area contributed by atoms with Gasteiger partial charge >= 0.3 is 0 Å². The van der Waals surface area contributed by atoms with Crippen molar-refractivity contribution in [3.05, 3.63) is 54.4 Å². The van der Waals surface area contributed by atoms with Crippen LogP contribution in [0.3, 0.4) is 0 Å². The molecule has 1 N–H and O–H groups in total. The molecule has 4 nitrogen and oxygen atoms in total. The first-order valence-corrected chi connectivity index (χ1v) is 8.20. The van der Waals surface area contributed by atoms with Gasteiger partial charge in [-0.2, -0.15) is 0 Å². The largest absolute Gasteiger partial charge is 0.379 e. The third-order valence-electron chi connectivity index (χ3n) is 4.37. The lowest BCUT2D eigenvalue weighted by Gasteiger charge is -2.37. The summed E-state index contributed by atoms with van der Waals surface area (Å²) in [5.41, 5.74) is 3.14. The molecule has 2 aromatic rings. The molecule has 0 spiro atoms. The fourth-order valence-corrected chi connectivity index (χ4v) is 2.92. The van der Waals surface area contributed by atoms with E-state index < -0.39 is 0 Å². The number of fused-ring (bicyclic) bond motifs is 1. The number of nitrogens with one attached hydrogen (secondary N) is 1. The maximum absolute atomic E-state index is 12.8. The molecule has 0 radical (unpaired) electrons. The molecule has 1 aliphatic rings. The molecule has 0 bridgehead atoms. The first-order valence-electron chi connectivity index (χ1n) is 8.20. The monoisotopic (exact) mass is 309 g/mol. The summed E-state index contributed by atoms with van der Waals surface area (Å²) in [6, 6.07) is 12.3. The van der Waals surface area contributed by atoms with Gasteiger partial charge in [-0.1, -0.05) is 32.0 Å². The van der Waals surface area contributed by atoms with Crippen molar-refractivity contribution in [3.8, 4) is 0 Å². The van der Waals surface area contributed by atoms with E-state index in [1.807, 2.05) is 47.5 Å². The van der Waals surface area contributed by atoms with Gasteiger partial charge in [0.15, 0.2) is 0 Å². The number of pyridine rings is 1. The minimum atomic E-state index is 0.174. The summed E-state index contributed by atoms with van der Waals surface area (Å²) in [6.45, 7) is 5.09. The van der Waals surface area contributed by atoms with E-state index >= 15 is 0 Å². The van der Waals surface area contributed by atoms with Gasteiger partial charge in [0.2, 0.25) is 5.91 Å². The Morgan fingerprint density at radius 2 is 2.13 bits per heavy atom. The molecule has 0 saturated carbocycles. The molecule has 2 heterocycles. The first kappa shape index (κ1) is 15.5. The van der Waals surface area contributed by atoms with Crippen molar-refractivity contribution in [1.29, 1.82) is 0 Å². The Balaban J connectivity index is 1.76. The highest BCUT2D eigenvalue weighted by Crippen LogP contribution is 2.32. The van der Waals surface area contributed by atoms with Gasteiger partial charge in [-0.25, -0.2) is 0 Å². The molecule has 0 aliphatic carbocycles. The van der Waals surface area contributed by atoms with Crippen LogP contribution < -0.4 is 10.2 Å². The molecular formula is C19H23N3O. The van der Waals surface area contributed by atoms with Gasteiger partial charge in [-0.3, -0.25) is 9.78 Å². The maximum Gasteiger partial charge on any atom is 0.227 e. The van der Waals surface area contributed by atoms with Crippen molar-refractivity contribution in [3.63, 3.8) is 0 Å². The third-order valence-corrected chi connectivity index (χ3v) is 4.37. The van der Waals surface area contributed by atoms with E-state index in [2.05, 4.69) is 24.1 Å². The van der Waals surface area contributed by atoms with E-state index in [4.69, 9.17) is 0 Å². The summed E-state index contributed by atoms with van der Waals surface area (Å²) in [5, 5.41) is 3.55. The fraction of sp³-hybridized carbons (Fsp3) is 0.368. The Morgan fingerprint density at radius 1 is 1.30 bits per heavy atom. The number of benzene rings is 1. The zero-order chi connectivity index (χ0) is 16.2. The molecular weight excluding hydrogens is 286 g/mol. The molecule has 0 unspecified atom stereocenters. The number of para-hydroxylation sites is 2. The number of anilines is 2. The van der Waals surface area contributed by atoms with Crippen LogP contribution >= 0.6 is 0 Å². The minimum Gasteiger partial charge on any atom is -0.379 e. The summed E-state index contributed by atoms with van der Waals surface area (Å²) in [5.74, 6) is 0.644. The van der Waals surface area contributed by atoms with Gasteiger partial charge in [0.25, 0.3) is 0 Å². The molecule has 0 saturated heterocycles. The van der Waals surface area contributed by atoms with Gasteiger partial charge in [0, 0.05) is 31.4 Å². The quantitative estimate of drug-likeness (QED) is 0.940. The van der Waals surface area contributed by atoms with Crippen LogP contribution in [0.4, 0.5) is 11.4 Å². The van der Waals surface area contributed by atoms with E-state index in [0.717, 1.165) is 29.9 Å². The second kappa shape index (κ2) is 6.82. The lowest BCUT2D eigenvalue weighted by Crippen LogP contribution is -2.47. The van der Waals surface area contributed by atoms with E-state index in [1.54, 1.807) is 6.20 Å². The Bertz CT molecular complexity index is 669. The minimum absolute atomic E-state index is 0.174. The highest BCUT2D eigenvalue weighted by Gasteiger charge is 2.28. The van der Waals surface area contributed by atoms with Gasteiger partial charge in [-0.15, -0.1) is 0 Å². The Hall–Kier alpha value is -2.36. The molecule has 4 heteroatoms. The molecule has 0 fully saturated rings. The second-order valence-corrected chi connectivity index (χ2v) is 6.38. The number of nitrogens with zero attached hydrogens (tertiary/aromatic N) is 2. The van der Waals surface area contributed by atoms with Gasteiger partial charge in [-0.05, 0) is 36.1 Å². The molecule has 1 amide bonds. The summed E-state index contributed by atoms with van der Waals surface area (Å²) in [6.07, 6.45) is 4.82. The number of rotatable bonds is 4. The van der Waals surface area contributed by atoms with Crippen LogP contribution in [0.15, 0.2) is 48.8 Å². The van der Waals surface area contributed by atoms with Crippen molar-refractivity contribution in [2.75, 3.05) is 16.8 Å². The number of aryl methyl sites for hydroxylation is 1. The van der Waals surface area contributed by atoms with Gasteiger partial charge in [0.1, 0.15) is 0 Å². The SMILES string of the molecule is CC(C)[C@H]1CN(C(=O)CCc2cccnc2)c2ccccc2N1. The number of amides is 1. The van der Waals surface area contributed by atoms with Crippen LogP contribution in [0.1, 0.15) is 25.8 Å². The molecule has 1 aromatic carbocycles. The lowest BCUT2D eigenvalue weighted by molar-refractivity contribution is -0.118. The zero-order valence-corrected chi connectivity index (χ0v) is 13.7. The van der Waals surface area contributed by atoms with Crippen LogP contribution in [0, 0.1) is 5.92 Å².